The molecule has 2 aliphatic rings. The molecule has 14 nitrogen and oxygen atoms in total. The molecule has 0 radical (unpaired) electrons. The summed E-state index contributed by atoms with van der Waals surface area (Å²) in [5.74, 6) is -0.0884. The Bertz CT molecular complexity index is 2640. The van der Waals surface area contributed by atoms with E-state index in [1.165, 1.54) is 4.68 Å². The van der Waals surface area contributed by atoms with Gasteiger partial charge < -0.3 is 28.7 Å². The zero-order valence-corrected chi connectivity index (χ0v) is 39.9. The Balaban J connectivity index is 0.857. The Labute approximate surface area is 396 Å². The lowest BCUT2D eigenvalue weighted by Crippen LogP contribution is -2.46. The van der Waals surface area contributed by atoms with Crippen molar-refractivity contribution in [3.63, 3.8) is 0 Å². The van der Waals surface area contributed by atoms with Crippen LogP contribution >= 0.6 is 23.2 Å². The number of aromatic nitrogens is 6. The van der Waals surface area contributed by atoms with E-state index in [1.807, 2.05) is 81.1 Å². The van der Waals surface area contributed by atoms with E-state index in [0.717, 1.165) is 91.4 Å². The van der Waals surface area contributed by atoms with E-state index in [1.54, 1.807) is 34.0 Å². The number of hydrogen-bond acceptors (Lipinski definition) is 10. The van der Waals surface area contributed by atoms with Crippen LogP contribution in [0.1, 0.15) is 81.2 Å². The SMILES string of the molecule is CCCCCC(=O)Oc1c(C)cc(C[n+]2cnn(CC3(c4ccc(Cl)cc4Cl)OCC(COc4ccc(N5CCN(c6ccc(-n7cnn(C(C)CC)c7=O)cc6)CC5)cc4)O3)c2)cc1C. The largest absolute Gasteiger partial charge is 0.491 e. The highest BCUT2D eigenvalue weighted by atomic mass is 35.5. The Morgan fingerprint density at radius 2 is 1.56 bits per heavy atom. The van der Waals surface area contributed by atoms with E-state index < -0.39 is 11.9 Å². The smallest absolute Gasteiger partial charge is 0.350 e. The Kier molecular flexibility index (Phi) is 14.8. The van der Waals surface area contributed by atoms with Crippen molar-refractivity contribution in [1.29, 1.82) is 0 Å². The lowest BCUT2D eigenvalue weighted by molar-refractivity contribution is -0.689. The zero-order chi connectivity index (χ0) is 46.4. The highest BCUT2D eigenvalue weighted by Gasteiger charge is 2.47. The third-order valence-electron chi connectivity index (χ3n) is 12.4. The fourth-order valence-electron chi connectivity index (χ4n) is 8.64. The van der Waals surface area contributed by atoms with Gasteiger partial charge in [-0.3, -0.25) is 4.79 Å². The van der Waals surface area contributed by atoms with Crippen LogP contribution in [-0.2, 0) is 33.1 Å². The molecule has 6 aromatic rings. The van der Waals surface area contributed by atoms with E-state index in [2.05, 4.69) is 51.2 Å². The van der Waals surface area contributed by atoms with Crippen LogP contribution < -0.4 is 29.5 Å². The van der Waals surface area contributed by atoms with Crippen molar-refractivity contribution in [3.05, 3.63) is 141 Å². The Hall–Kier alpha value is -5.67. The van der Waals surface area contributed by atoms with Gasteiger partial charge in [-0.15, -0.1) is 4.68 Å². The van der Waals surface area contributed by atoms with Gasteiger partial charge in [-0.2, -0.15) is 5.10 Å². The Morgan fingerprint density at radius 3 is 2.21 bits per heavy atom. The quantitative estimate of drug-likeness (QED) is 0.0359. The number of benzene rings is 4. The molecule has 0 N–H and O–H groups in total. The summed E-state index contributed by atoms with van der Waals surface area (Å²) < 4.78 is 32.2. The molecule has 4 aromatic carbocycles. The first-order valence-electron chi connectivity index (χ1n) is 22.9. The van der Waals surface area contributed by atoms with Gasteiger partial charge >= 0.3 is 11.7 Å². The number of nitrogens with zero attached hydrogens (tertiary/aromatic N) is 8. The first-order valence-corrected chi connectivity index (χ1v) is 23.7. The summed E-state index contributed by atoms with van der Waals surface area (Å²) in [6.07, 6.45) is 9.02. The molecule has 3 unspecified atom stereocenters. The van der Waals surface area contributed by atoms with Crippen LogP contribution in [0.5, 0.6) is 11.5 Å². The van der Waals surface area contributed by atoms with E-state index in [4.69, 9.17) is 42.1 Å². The number of carbonyl (C=O) groups excluding carboxylic acids is 1. The van der Waals surface area contributed by atoms with E-state index >= 15 is 0 Å². The number of anilines is 2. The maximum absolute atomic E-state index is 12.9. The number of rotatable bonds is 18. The van der Waals surface area contributed by atoms with E-state index in [9.17, 15) is 9.59 Å². The molecule has 2 saturated heterocycles. The average molecular weight is 939 g/mol. The van der Waals surface area contributed by atoms with Crippen molar-refractivity contribution in [2.45, 2.75) is 97.7 Å². The van der Waals surface area contributed by atoms with Crippen LogP contribution in [0.3, 0.4) is 0 Å². The first kappa shape index (κ1) is 46.8. The predicted molar refractivity (Wildman–Crippen MR) is 255 cm³/mol. The van der Waals surface area contributed by atoms with Gasteiger partial charge in [0, 0.05) is 59.7 Å². The standard InChI is InChI=1S/C50H59Cl2N8O6/c1-6-8-9-10-47(61)65-48-35(3)25-38(26-36(48)4)28-55-32-53-58(34-55)31-50(45-20-11-39(51)27-46(45)52)64-30-44(66-50)29-63-43-18-16-41(17-19-43)57-23-21-56(22-24-57)40-12-14-42(15-13-40)59-33-54-60(49(59)62)37(5)7-2/h11-20,25-27,32-34,37,44H,6-10,21-24,28-31H2,1-5H3/q+1. The molecule has 2 aliphatic heterocycles. The number of aryl methyl sites for hydroxylation is 2. The van der Waals surface area contributed by atoms with Gasteiger partial charge in [-0.1, -0.05) is 56.0 Å². The molecule has 0 bridgehead atoms. The summed E-state index contributed by atoms with van der Waals surface area (Å²) in [6.45, 7) is 14.9. The number of ether oxygens (including phenoxy) is 4. The summed E-state index contributed by atoms with van der Waals surface area (Å²) in [7, 11) is 0. The summed E-state index contributed by atoms with van der Waals surface area (Å²) in [6, 6.07) is 25.7. The predicted octanol–water partition coefficient (Wildman–Crippen LogP) is 8.62. The third-order valence-corrected chi connectivity index (χ3v) is 12.9. The van der Waals surface area contributed by atoms with Gasteiger partial charge in [0.05, 0.1) is 29.9 Å². The molecule has 348 valence electrons. The highest BCUT2D eigenvalue weighted by molar-refractivity contribution is 6.35. The molecule has 0 amide bonds. The lowest BCUT2D eigenvalue weighted by Gasteiger charge is -2.37. The number of unbranched alkanes of at least 4 members (excludes halogenated alkanes) is 2. The second kappa shape index (κ2) is 20.9. The molecule has 2 aromatic heterocycles. The van der Waals surface area contributed by atoms with Crippen LogP contribution in [0.4, 0.5) is 11.4 Å². The van der Waals surface area contributed by atoms with Crippen molar-refractivity contribution in [2.75, 3.05) is 49.2 Å². The molecule has 0 aliphatic carbocycles. The van der Waals surface area contributed by atoms with Gasteiger partial charge in [0.2, 0.25) is 12.1 Å². The number of piperazine rings is 1. The van der Waals surface area contributed by atoms with Gasteiger partial charge in [0.1, 0.15) is 30.5 Å². The summed E-state index contributed by atoms with van der Waals surface area (Å²) in [5.41, 5.74) is 6.46. The maximum Gasteiger partial charge on any atom is 0.350 e. The van der Waals surface area contributed by atoms with Crippen LogP contribution in [-0.4, -0.2) is 75.6 Å². The molecule has 0 saturated carbocycles. The molecule has 66 heavy (non-hydrogen) atoms. The van der Waals surface area contributed by atoms with Gasteiger partial charge in [0.15, 0.2) is 6.54 Å². The molecule has 2 fully saturated rings. The number of carbonyl (C=O) groups is 1. The van der Waals surface area contributed by atoms with E-state index in [-0.39, 0.29) is 37.5 Å². The first-order chi connectivity index (χ1) is 31.9. The van der Waals surface area contributed by atoms with Gasteiger partial charge in [-0.25, -0.2) is 18.6 Å². The number of hydrogen-bond donors (Lipinski definition) is 0. The molecule has 8 rings (SSSR count). The normalized spacial score (nSPS) is 17.9. The fourth-order valence-corrected chi connectivity index (χ4v) is 9.19. The number of esters is 1. The van der Waals surface area contributed by atoms with Crippen LogP contribution in [0.25, 0.3) is 5.69 Å². The highest BCUT2D eigenvalue weighted by Crippen LogP contribution is 2.40. The van der Waals surface area contributed by atoms with Crippen molar-refractivity contribution in [1.82, 2.24) is 24.1 Å². The fraction of sp³-hybridized carbons (Fsp3) is 0.420. The van der Waals surface area contributed by atoms with Gasteiger partial charge in [-0.05, 0) is 123 Å². The van der Waals surface area contributed by atoms with Crippen LogP contribution in [0.15, 0.2) is 103 Å². The average Bonchev–Trinajstić information content (AvgIpc) is 4.05. The molecule has 0 spiro atoms. The van der Waals surface area contributed by atoms with Crippen molar-refractivity contribution >= 4 is 40.5 Å². The summed E-state index contributed by atoms with van der Waals surface area (Å²) >= 11 is 13.1. The molecule has 4 heterocycles. The summed E-state index contributed by atoms with van der Waals surface area (Å²) in [5, 5.41) is 9.92. The van der Waals surface area contributed by atoms with Crippen molar-refractivity contribution in [2.24, 2.45) is 0 Å². The molecule has 16 heteroatoms. The third kappa shape index (κ3) is 10.8. The molecule has 3 atom stereocenters. The van der Waals surface area contributed by atoms with Crippen LogP contribution in [0, 0.1) is 13.8 Å². The maximum atomic E-state index is 12.9. The second-order valence-corrected chi connectivity index (χ2v) is 18.2. The zero-order valence-electron chi connectivity index (χ0n) is 38.4. The topological polar surface area (TPSA) is 122 Å². The minimum atomic E-state index is -1.25. The summed E-state index contributed by atoms with van der Waals surface area (Å²) in [4.78, 5) is 30.1. The minimum Gasteiger partial charge on any atom is -0.491 e. The van der Waals surface area contributed by atoms with Gasteiger partial charge in [0.25, 0.3) is 6.33 Å². The number of halogens is 2. The van der Waals surface area contributed by atoms with E-state index in [0.29, 0.717) is 34.3 Å². The van der Waals surface area contributed by atoms with Crippen LogP contribution in [0.2, 0.25) is 10.0 Å². The van der Waals surface area contributed by atoms with Crippen molar-refractivity contribution < 1.29 is 28.3 Å². The monoisotopic (exact) mass is 937 g/mol. The minimum absolute atomic E-state index is 0.0522. The van der Waals surface area contributed by atoms with Crippen molar-refractivity contribution in [3.8, 4) is 17.2 Å². The Morgan fingerprint density at radius 1 is 0.894 bits per heavy atom. The second-order valence-electron chi connectivity index (χ2n) is 17.3. The molecular weight excluding hydrogens is 880 g/mol. The lowest BCUT2D eigenvalue weighted by atomic mass is 10.1. The molecular formula is C50H59Cl2N8O6+.